The van der Waals surface area contributed by atoms with Crippen molar-refractivity contribution in [1.82, 2.24) is 0 Å². The third-order valence-corrected chi connectivity index (χ3v) is 2.96. The Balaban J connectivity index is 4.03. The largest absolute Gasteiger partial charge is 0.131 e. The van der Waals surface area contributed by atoms with Crippen LogP contribution in [0.4, 0.5) is 0 Å². The third-order valence-electron chi connectivity index (χ3n) is 1.10. The molecule has 0 atom stereocenters. The van der Waals surface area contributed by atoms with Crippen molar-refractivity contribution in [2.24, 2.45) is 0 Å². The Morgan fingerprint density at radius 1 is 0.692 bits per heavy atom. The summed E-state index contributed by atoms with van der Waals surface area (Å²) in [7, 11) is -2.34. The summed E-state index contributed by atoms with van der Waals surface area (Å²) in [5.41, 5.74) is 6.62. The lowest BCUT2D eigenvalue weighted by Crippen LogP contribution is -2.16. The molecule has 0 fully saturated rings. The fraction of sp³-hybridized carbons (Fsp3) is 0.636. The van der Waals surface area contributed by atoms with Gasteiger partial charge in [-0.25, -0.2) is 0 Å². The highest BCUT2D eigenvalue weighted by atomic mass is 28.3. The molecule has 0 aromatic carbocycles. The zero-order chi connectivity index (χ0) is 10.5. The first-order valence-corrected chi connectivity index (χ1v) is 11.7. The van der Waals surface area contributed by atoms with Gasteiger partial charge in [-0.2, -0.15) is 0 Å². The van der Waals surface area contributed by atoms with E-state index in [0.29, 0.717) is 0 Å². The molecule has 2 heteroatoms. The smallest absolute Gasteiger partial charge is 0.129 e. The summed E-state index contributed by atoms with van der Waals surface area (Å²) in [5, 5.41) is 0. The quantitative estimate of drug-likeness (QED) is 0.424. The number of hydrogen-bond donors (Lipinski definition) is 0. The second kappa shape index (κ2) is 4.70. The van der Waals surface area contributed by atoms with E-state index in [4.69, 9.17) is 0 Å². The van der Waals surface area contributed by atoms with Crippen molar-refractivity contribution in [3.8, 4) is 22.9 Å². The first-order chi connectivity index (χ1) is 5.71. The maximum absolute atomic E-state index is 3.31. The van der Waals surface area contributed by atoms with E-state index in [1.54, 1.807) is 0 Å². The number of rotatable bonds is 0. The maximum Gasteiger partial charge on any atom is 0.129 e. The van der Waals surface area contributed by atoms with Gasteiger partial charge in [0, 0.05) is 0 Å². The second-order valence-corrected chi connectivity index (χ2v) is 14.8. The molecule has 0 unspecified atom stereocenters. The van der Waals surface area contributed by atoms with Crippen LogP contribution < -0.4 is 0 Å². The van der Waals surface area contributed by atoms with Gasteiger partial charge in [-0.3, -0.25) is 0 Å². The molecule has 0 N–H and O–H groups in total. The Labute approximate surface area is 85.1 Å². The molecule has 0 saturated carbocycles. The van der Waals surface area contributed by atoms with Crippen molar-refractivity contribution >= 4 is 16.1 Å². The van der Waals surface area contributed by atoms with Gasteiger partial charge in [-0.15, -0.1) is 11.1 Å². The molecule has 0 saturated heterocycles. The van der Waals surface area contributed by atoms with Crippen LogP contribution in [0.25, 0.3) is 0 Å². The Hall–Kier alpha value is -0.446. The van der Waals surface area contributed by atoms with Gasteiger partial charge in [0.05, 0.1) is 6.42 Å². The highest BCUT2D eigenvalue weighted by molar-refractivity contribution is 6.84. The molecule has 0 bridgehead atoms. The van der Waals surface area contributed by atoms with Crippen LogP contribution in [0.1, 0.15) is 6.42 Å². The van der Waals surface area contributed by atoms with E-state index in [1.807, 2.05) is 0 Å². The molecular weight excluding hydrogens is 188 g/mol. The summed E-state index contributed by atoms with van der Waals surface area (Å²) in [5.74, 6) is 6.32. The van der Waals surface area contributed by atoms with Gasteiger partial charge in [0.2, 0.25) is 0 Å². The van der Waals surface area contributed by atoms with Gasteiger partial charge in [-0.1, -0.05) is 51.1 Å². The van der Waals surface area contributed by atoms with Gasteiger partial charge >= 0.3 is 0 Å². The third kappa shape index (κ3) is 11.6. The predicted octanol–water partition coefficient (Wildman–Crippen LogP) is 3.14. The van der Waals surface area contributed by atoms with Crippen molar-refractivity contribution in [3.63, 3.8) is 0 Å². The molecule has 0 nitrogen and oxygen atoms in total. The van der Waals surface area contributed by atoms with E-state index in [0.717, 1.165) is 6.42 Å². The van der Waals surface area contributed by atoms with E-state index < -0.39 is 16.1 Å². The zero-order valence-electron chi connectivity index (χ0n) is 9.71. The second-order valence-electron chi connectivity index (χ2n) is 5.28. The van der Waals surface area contributed by atoms with Crippen molar-refractivity contribution in [2.45, 2.75) is 45.7 Å². The molecule has 0 aliphatic carbocycles. The van der Waals surface area contributed by atoms with Crippen molar-refractivity contribution in [1.29, 1.82) is 0 Å². The average Bonchev–Trinajstić information content (AvgIpc) is 1.81. The van der Waals surface area contributed by atoms with Crippen molar-refractivity contribution < 1.29 is 0 Å². The molecular formula is C11H20Si2. The first-order valence-electron chi connectivity index (χ1n) is 4.71. The van der Waals surface area contributed by atoms with Crippen LogP contribution in [0.15, 0.2) is 0 Å². The molecule has 0 aromatic heterocycles. The van der Waals surface area contributed by atoms with Gasteiger partial charge in [-0.05, 0) is 0 Å². The Morgan fingerprint density at radius 3 is 1.23 bits per heavy atom. The molecule has 0 amide bonds. The van der Waals surface area contributed by atoms with Crippen LogP contribution in [0.5, 0.6) is 0 Å². The summed E-state index contributed by atoms with van der Waals surface area (Å²) in [6, 6.07) is 0. The maximum atomic E-state index is 3.31. The van der Waals surface area contributed by atoms with Crippen LogP contribution >= 0.6 is 0 Å². The van der Waals surface area contributed by atoms with E-state index >= 15 is 0 Å². The van der Waals surface area contributed by atoms with Crippen molar-refractivity contribution in [2.75, 3.05) is 0 Å². The monoisotopic (exact) mass is 208 g/mol. The molecule has 0 aliphatic rings. The van der Waals surface area contributed by atoms with E-state index in [-0.39, 0.29) is 0 Å². The fourth-order valence-corrected chi connectivity index (χ4v) is 1.90. The van der Waals surface area contributed by atoms with Crippen LogP contribution in [-0.2, 0) is 0 Å². The van der Waals surface area contributed by atoms with Gasteiger partial charge in [0.25, 0.3) is 0 Å². The van der Waals surface area contributed by atoms with Gasteiger partial charge in [0.15, 0.2) is 0 Å². The topological polar surface area (TPSA) is 0 Å². The van der Waals surface area contributed by atoms with E-state index in [1.165, 1.54) is 0 Å². The lowest BCUT2D eigenvalue weighted by Gasteiger charge is -2.03. The van der Waals surface area contributed by atoms with Gasteiger partial charge in [0.1, 0.15) is 16.1 Å². The van der Waals surface area contributed by atoms with Crippen LogP contribution in [0.2, 0.25) is 39.3 Å². The normalized spacial score (nSPS) is 10.9. The Morgan fingerprint density at radius 2 is 1.00 bits per heavy atom. The SMILES string of the molecule is C[Si](C)(C)C#CCC#C[Si](C)(C)C. The molecule has 0 spiro atoms. The van der Waals surface area contributed by atoms with Crippen LogP contribution in [0.3, 0.4) is 0 Å². The molecule has 0 heterocycles. The molecule has 72 valence electrons. The highest BCUT2D eigenvalue weighted by Crippen LogP contribution is 1.97. The minimum absolute atomic E-state index is 0.758. The average molecular weight is 208 g/mol. The standard InChI is InChI=1S/C11H20Si2/c1-12(2,3)10-8-7-9-11-13(4,5)6/h7H2,1-6H3. The first kappa shape index (κ1) is 12.6. The van der Waals surface area contributed by atoms with E-state index in [9.17, 15) is 0 Å². The minimum atomic E-state index is -1.17. The highest BCUT2D eigenvalue weighted by Gasteiger charge is 2.07. The fourth-order valence-electron chi connectivity index (χ4n) is 0.663. The van der Waals surface area contributed by atoms with E-state index in [2.05, 4.69) is 62.2 Å². The summed E-state index contributed by atoms with van der Waals surface area (Å²) >= 11 is 0. The Bertz CT molecular complexity index is 238. The Kier molecular flexibility index (Phi) is 4.53. The van der Waals surface area contributed by atoms with Crippen molar-refractivity contribution in [3.05, 3.63) is 0 Å². The van der Waals surface area contributed by atoms with Crippen LogP contribution in [-0.4, -0.2) is 16.1 Å². The van der Waals surface area contributed by atoms with Crippen LogP contribution in [0, 0.1) is 22.9 Å². The number of hydrogen-bond acceptors (Lipinski definition) is 0. The zero-order valence-corrected chi connectivity index (χ0v) is 11.7. The lowest BCUT2D eigenvalue weighted by molar-refractivity contribution is 1.56. The summed E-state index contributed by atoms with van der Waals surface area (Å²) in [4.78, 5) is 0. The summed E-state index contributed by atoms with van der Waals surface area (Å²) in [6.45, 7) is 13.5. The molecule has 0 aromatic rings. The summed E-state index contributed by atoms with van der Waals surface area (Å²) in [6.07, 6.45) is 0.758. The molecule has 0 rings (SSSR count). The summed E-state index contributed by atoms with van der Waals surface area (Å²) < 4.78 is 0. The molecule has 0 aliphatic heterocycles. The minimum Gasteiger partial charge on any atom is -0.131 e. The molecule has 0 radical (unpaired) electrons. The van der Waals surface area contributed by atoms with Gasteiger partial charge < -0.3 is 0 Å². The molecule has 13 heavy (non-hydrogen) atoms. The predicted molar refractivity (Wildman–Crippen MR) is 66.9 cm³/mol. The lowest BCUT2D eigenvalue weighted by atomic mass is 10.5.